The molecule has 0 atom stereocenters. The average Bonchev–Trinajstić information content (AvgIpc) is 3.42. The molecule has 0 bridgehead atoms. The summed E-state index contributed by atoms with van der Waals surface area (Å²) in [5.41, 5.74) is 1.15. The Balaban J connectivity index is 1.39. The molecule has 1 aliphatic carbocycles. The monoisotopic (exact) mass is 586 g/mol. The minimum Gasteiger partial charge on any atom is -0.496 e. The number of urea groups is 1. The van der Waals surface area contributed by atoms with Crippen molar-refractivity contribution in [2.75, 3.05) is 19.0 Å². The Labute approximate surface area is 236 Å². The van der Waals surface area contributed by atoms with E-state index < -0.39 is 26.3 Å². The van der Waals surface area contributed by atoms with Gasteiger partial charge in [-0.15, -0.1) is 10.2 Å². The van der Waals surface area contributed by atoms with E-state index in [2.05, 4.69) is 26.1 Å². The van der Waals surface area contributed by atoms with Crippen LogP contribution >= 0.6 is 11.3 Å². The molecule has 40 heavy (non-hydrogen) atoms. The van der Waals surface area contributed by atoms with E-state index in [4.69, 9.17) is 4.74 Å². The van der Waals surface area contributed by atoms with E-state index in [1.807, 2.05) is 35.1 Å². The SMILES string of the molecule is COc1ccccc1C(=O)NCC1(c2ccccc2)CCC(NC(=O)NS(=O)(=O)c2nnc(NC(C)=O)s2)CC1. The Kier molecular flexibility index (Phi) is 9.00. The highest BCUT2D eigenvalue weighted by atomic mass is 32.2. The van der Waals surface area contributed by atoms with Crippen molar-refractivity contribution < 1.29 is 27.5 Å². The molecule has 4 rings (SSSR count). The molecule has 0 saturated heterocycles. The van der Waals surface area contributed by atoms with Crippen molar-refractivity contribution in [3.63, 3.8) is 0 Å². The molecular formula is C26H30N6O6S2. The normalized spacial score (nSPS) is 18.8. The molecule has 1 aromatic heterocycles. The number of carbonyl (C=O) groups excluding carboxylic acids is 3. The first-order valence-electron chi connectivity index (χ1n) is 12.5. The molecule has 12 nitrogen and oxygen atoms in total. The van der Waals surface area contributed by atoms with Crippen LogP contribution in [0.3, 0.4) is 0 Å². The number of carbonyl (C=O) groups is 3. The van der Waals surface area contributed by atoms with Crippen molar-refractivity contribution in [1.29, 1.82) is 0 Å². The Morgan fingerprint density at radius 1 is 1.02 bits per heavy atom. The van der Waals surface area contributed by atoms with Crippen LogP contribution in [0.5, 0.6) is 5.75 Å². The van der Waals surface area contributed by atoms with Crippen molar-refractivity contribution in [3.8, 4) is 5.75 Å². The summed E-state index contributed by atoms with van der Waals surface area (Å²) in [6.07, 6.45) is 2.44. The molecule has 14 heteroatoms. The number of nitrogens with one attached hydrogen (secondary N) is 4. The lowest BCUT2D eigenvalue weighted by Gasteiger charge is -2.41. The molecule has 1 saturated carbocycles. The summed E-state index contributed by atoms with van der Waals surface area (Å²) in [5.74, 6) is -0.174. The van der Waals surface area contributed by atoms with Gasteiger partial charge in [0.05, 0.1) is 12.7 Å². The van der Waals surface area contributed by atoms with Gasteiger partial charge in [-0.1, -0.05) is 53.8 Å². The van der Waals surface area contributed by atoms with Crippen LogP contribution in [0.15, 0.2) is 58.9 Å². The fourth-order valence-electron chi connectivity index (χ4n) is 4.75. The Morgan fingerprint density at radius 2 is 1.70 bits per heavy atom. The summed E-state index contributed by atoms with van der Waals surface area (Å²) in [6, 6.07) is 15.8. The number of amides is 4. The first kappa shape index (κ1) is 29.0. The maximum atomic E-state index is 13.0. The van der Waals surface area contributed by atoms with E-state index in [1.165, 1.54) is 14.0 Å². The summed E-state index contributed by atoms with van der Waals surface area (Å²) in [4.78, 5) is 36.7. The van der Waals surface area contributed by atoms with Gasteiger partial charge in [0.2, 0.25) is 11.0 Å². The van der Waals surface area contributed by atoms with E-state index >= 15 is 0 Å². The second-order valence-electron chi connectivity index (χ2n) is 9.44. The first-order chi connectivity index (χ1) is 19.1. The number of anilines is 1. The largest absolute Gasteiger partial charge is 0.496 e. The molecule has 4 amide bonds. The fourth-order valence-corrected chi connectivity index (χ4v) is 6.61. The van der Waals surface area contributed by atoms with Crippen molar-refractivity contribution in [3.05, 3.63) is 65.7 Å². The van der Waals surface area contributed by atoms with Gasteiger partial charge in [0, 0.05) is 24.9 Å². The van der Waals surface area contributed by atoms with Gasteiger partial charge in [0.1, 0.15) is 5.75 Å². The van der Waals surface area contributed by atoms with E-state index in [0.29, 0.717) is 54.9 Å². The standard InChI is InChI=1S/C26H30N6O6S2/c1-17(33)28-24-30-31-25(39-24)40(36,37)32-23(35)29-19-12-14-26(15-13-19,18-8-4-3-5-9-18)16-27-22(34)20-10-6-7-11-21(20)38-2/h3-11,19H,12-16H2,1-2H3,(H,27,34)(H,28,30,33)(H2,29,32,35). The number of benzene rings is 2. The van der Waals surface area contributed by atoms with Crippen LogP contribution < -0.4 is 25.4 Å². The zero-order chi connectivity index (χ0) is 28.8. The Morgan fingerprint density at radius 3 is 2.38 bits per heavy atom. The van der Waals surface area contributed by atoms with Gasteiger partial charge in [0.15, 0.2) is 0 Å². The lowest BCUT2D eigenvalue weighted by atomic mass is 9.68. The average molecular weight is 587 g/mol. The Hall–Kier alpha value is -4.04. The number of para-hydroxylation sites is 1. The van der Waals surface area contributed by atoms with Gasteiger partial charge < -0.3 is 20.7 Å². The van der Waals surface area contributed by atoms with Crippen LogP contribution in [0.4, 0.5) is 9.93 Å². The number of sulfonamides is 1. The van der Waals surface area contributed by atoms with E-state index in [-0.39, 0.29) is 22.5 Å². The predicted octanol–water partition coefficient (Wildman–Crippen LogP) is 2.80. The first-order valence-corrected chi connectivity index (χ1v) is 14.8. The third kappa shape index (κ3) is 6.93. The minimum absolute atomic E-state index is 0.00983. The van der Waals surface area contributed by atoms with Gasteiger partial charge in [-0.3, -0.25) is 9.59 Å². The molecule has 212 valence electrons. The summed E-state index contributed by atoms with van der Waals surface area (Å²) in [5, 5.41) is 15.3. The van der Waals surface area contributed by atoms with Crippen LogP contribution in [0.2, 0.25) is 0 Å². The van der Waals surface area contributed by atoms with E-state index in [0.717, 1.165) is 5.56 Å². The van der Waals surface area contributed by atoms with Gasteiger partial charge in [0.25, 0.3) is 20.3 Å². The molecule has 0 spiro atoms. The summed E-state index contributed by atoms with van der Waals surface area (Å²) >= 11 is 0.635. The summed E-state index contributed by atoms with van der Waals surface area (Å²) in [6.45, 7) is 1.64. The maximum absolute atomic E-state index is 13.0. The zero-order valence-corrected chi connectivity index (χ0v) is 23.6. The van der Waals surface area contributed by atoms with E-state index in [9.17, 15) is 22.8 Å². The second kappa shape index (κ2) is 12.4. The molecule has 0 aliphatic heterocycles. The fraction of sp³-hybridized carbons (Fsp3) is 0.346. The van der Waals surface area contributed by atoms with Gasteiger partial charge in [-0.05, 0) is 43.4 Å². The number of hydrogen-bond donors (Lipinski definition) is 4. The zero-order valence-electron chi connectivity index (χ0n) is 22.0. The molecule has 0 radical (unpaired) electrons. The molecule has 1 aliphatic rings. The highest BCUT2D eigenvalue weighted by Crippen LogP contribution is 2.39. The van der Waals surface area contributed by atoms with Crippen LogP contribution in [-0.2, 0) is 20.2 Å². The van der Waals surface area contributed by atoms with Crippen molar-refractivity contribution in [1.82, 2.24) is 25.6 Å². The smallest absolute Gasteiger partial charge is 0.328 e. The molecular weight excluding hydrogens is 556 g/mol. The van der Waals surface area contributed by atoms with E-state index in [1.54, 1.807) is 24.3 Å². The van der Waals surface area contributed by atoms with Crippen LogP contribution in [-0.4, -0.2) is 56.2 Å². The van der Waals surface area contributed by atoms with Crippen molar-refractivity contribution >= 4 is 44.3 Å². The number of nitrogens with zero attached hydrogens (tertiary/aromatic N) is 2. The Bertz CT molecular complexity index is 1470. The van der Waals surface area contributed by atoms with Crippen LogP contribution in [0.25, 0.3) is 0 Å². The maximum Gasteiger partial charge on any atom is 0.328 e. The van der Waals surface area contributed by atoms with Crippen LogP contribution in [0, 0.1) is 0 Å². The number of rotatable bonds is 9. The minimum atomic E-state index is -4.27. The molecule has 4 N–H and O–H groups in total. The van der Waals surface area contributed by atoms with Gasteiger partial charge in [-0.25, -0.2) is 9.52 Å². The number of hydrogen-bond acceptors (Lipinski definition) is 9. The van der Waals surface area contributed by atoms with Gasteiger partial charge in [-0.2, -0.15) is 8.42 Å². The molecule has 2 aromatic carbocycles. The number of ether oxygens (including phenoxy) is 1. The lowest BCUT2D eigenvalue weighted by molar-refractivity contribution is -0.114. The highest BCUT2D eigenvalue weighted by molar-refractivity contribution is 7.92. The molecule has 1 fully saturated rings. The molecule has 3 aromatic rings. The topological polar surface area (TPSA) is 168 Å². The quantitative estimate of drug-likeness (QED) is 0.278. The number of aromatic nitrogens is 2. The third-order valence-electron chi connectivity index (χ3n) is 6.75. The highest BCUT2D eigenvalue weighted by Gasteiger charge is 2.38. The van der Waals surface area contributed by atoms with Gasteiger partial charge >= 0.3 is 6.03 Å². The second-order valence-corrected chi connectivity index (χ2v) is 12.3. The number of methoxy groups -OCH3 is 1. The third-order valence-corrected chi connectivity index (χ3v) is 9.29. The summed E-state index contributed by atoms with van der Waals surface area (Å²) < 4.78 is 32.0. The predicted molar refractivity (Wildman–Crippen MR) is 149 cm³/mol. The molecule has 0 unspecified atom stereocenters. The molecule has 1 heterocycles. The van der Waals surface area contributed by atoms with Crippen molar-refractivity contribution in [2.24, 2.45) is 0 Å². The summed E-state index contributed by atoms with van der Waals surface area (Å²) in [7, 11) is -2.75. The lowest BCUT2D eigenvalue weighted by Crippen LogP contribution is -2.50. The van der Waals surface area contributed by atoms with Crippen molar-refractivity contribution in [2.45, 2.75) is 48.4 Å². The van der Waals surface area contributed by atoms with Crippen LogP contribution in [0.1, 0.15) is 48.5 Å².